The highest BCUT2D eigenvalue weighted by molar-refractivity contribution is 9.10. The van der Waals surface area contributed by atoms with E-state index in [1.807, 2.05) is 4.90 Å². The van der Waals surface area contributed by atoms with Gasteiger partial charge >= 0.3 is 0 Å². The van der Waals surface area contributed by atoms with E-state index in [9.17, 15) is 14.0 Å². The van der Waals surface area contributed by atoms with Crippen LogP contribution in [0.4, 0.5) is 4.39 Å². The number of primary amides is 1. The van der Waals surface area contributed by atoms with Crippen molar-refractivity contribution in [1.29, 1.82) is 0 Å². The Kier molecular flexibility index (Phi) is 5.94. The molecule has 2 saturated heterocycles. The molecule has 0 aliphatic carbocycles. The molecule has 2 heterocycles. The van der Waals surface area contributed by atoms with Crippen LogP contribution in [0.1, 0.15) is 36.0 Å². The molecule has 0 saturated carbocycles. The first-order valence-corrected chi connectivity index (χ1v) is 10.7. The number of halogens is 2. The third kappa shape index (κ3) is 4.43. The predicted molar refractivity (Wildman–Crippen MR) is 112 cm³/mol. The second-order valence-corrected chi connectivity index (χ2v) is 8.56. The van der Waals surface area contributed by atoms with Gasteiger partial charge in [0.25, 0.3) is 11.8 Å². The first-order chi connectivity index (χ1) is 14.4. The van der Waals surface area contributed by atoms with Gasteiger partial charge < -0.3 is 20.1 Å². The van der Waals surface area contributed by atoms with Crippen LogP contribution >= 0.6 is 15.9 Å². The molecule has 4 rings (SSSR count). The Morgan fingerprint density at radius 1 is 1.10 bits per heavy atom. The fourth-order valence-electron chi connectivity index (χ4n) is 4.37. The van der Waals surface area contributed by atoms with Crippen LogP contribution in [0.15, 0.2) is 46.9 Å². The zero-order chi connectivity index (χ0) is 21.3. The smallest absolute Gasteiger partial charge is 0.261 e. The molecule has 3 atom stereocenters. The van der Waals surface area contributed by atoms with Gasteiger partial charge in [-0.25, -0.2) is 4.39 Å². The normalized spacial score (nSPS) is 22.6. The zero-order valence-corrected chi connectivity index (χ0v) is 17.8. The fourth-order valence-corrected chi connectivity index (χ4v) is 4.73. The topological polar surface area (TPSA) is 81.9 Å². The van der Waals surface area contributed by atoms with Crippen molar-refractivity contribution >= 4 is 27.7 Å². The molecule has 0 aromatic heterocycles. The molecule has 158 valence electrons. The maximum atomic E-state index is 13.1. The second kappa shape index (κ2) is 8.63. The van der Waals surface area contributed by atoms with E-state index in [1.54, 1.807) is 30.3 Å². The summed E-state index contributed by atoms with van der Waals surface area (Å²) in [5.41, 5.74) is 5.63. The summed E-state index contributed by atoms with van der Waals surface area (Å²) in [4.78, 5) is 26.4. The van der Waals surface area contributed by atoms with Gasteiger partial charge in [-0.05, 0) is 55.3 Å². The Labute approximate surface area is 182 Å². The number of carbonyl (C=O) groups is 2. The number of hydrogen-bond donors (Lipinski definition) is 1. The standard InChI is InChI=1S/C22H22BrFN2O4/c23-13-1-8-20(19(9-13)22(25)28)29-12-21(27)26-15-4-5-16(26)11-18(10-15)30-17-6-2-14(24)3-7-17/h1-3,6-9,15-16,18H,4-5,10-12H2,(H2,25,28)/t15-,16+,18?. The van der Waals surface area contributed by atoms with Gasteiger partial charge in [-0.3, -0.25) is 9.59 Å². The first kappa shape index (κ1) is 20.7. The summed E-state index contributed by atoms with van der Waals surface area (Å²) in [5, 5.41) is 0. The molecular weight excluding hydrogens is 455 g/mol. The molecule has 2 N–H and O–H groups in total. The molecule has 2 aromatic carbocycles. The Morgan fingerprint density at radius 2 is 1.77 bits per heavy atom. The van der Waals surface area contributed by atoms with Crippen LogP contribution in [0.25, 0.3) is 0 Å². The highest BCUT2D eigenvalue weighted by Gasteiger charge is 2.44. The van der Waals surface area contributed by atoms with Gasteiger partial charge in [0.2, 0.25) is 0 Å². The number of piperidine rings is 1. The molecule has 2 fully saturated rings. The van der Waals surface area contributed by atoms with Gasteiger partial charge in [0.1, 0.15) is 23.4 Å². The molecule has 1 unspecified atom stereocenters. The number of ether oxygens (including phenoxy) is 2. The van der Waals surface area contributed by atoms with E-state index in [2.05, 4.69) is 15.9 Å². The molecule has 0 radical (unpaired) electrons. The van der Waals surface area contributed by atoms with Gasteiger partial charge in [0.05, 0.1) is 5.56 Å². The van der Waals surface area contributed by atoms with Crippen molar-refractivity contribution in [2.45, 2.75) is 43.9 Å². The second-order valence-electron chi connectivity index (χ2n) is 7.64. The number of benzene rings is 2. The summed E-state index contributed by atoms with van der Waals surface area (Å²) in [5.74, 6) is -0.0918. The molecule has 6 nitrogen and oxygen atoms in total. The van der Waals surface area contributed by atoms with Gasteiger partial charge in [0.15, 0.2) is 6.61 Å². The molecule has 2 aromatic rings. The summed E-state index contributed by atoms with van der Waals surface area (Å²) >= 11 is 3.30. The monoisotopic (exact) mass is 476 g/mol. The van der Waals surface area contributed by atoms with Crippen LogP contribution in [0.2, 0.25) is 0 Å². The lowest BCUT2D eigenvalue weighted by Crippen LogP contribution is -2.50. The van der Waals surface area contributed by atoms with Crippen LogP contribution in [0.5, 0.6) is 11.5 Å². The number of fused-ring (bicyclic) bond motifs is 2. The van der Waals surface area contributed by atoms with Crippen LogP contribution < -0.4 is 15.2 Å². The molecule has 0 spiro atoms. The molecular formula is C22H22BrFN2O4. The van der Waals surface area contributed by atoms with Gasteiger partial charge in [-0.2, -0.15) is 0 Å². The van der Waals surface area contributed by atoms with Crippen molar-refractivity contribution in [2.75, 3.05) is 6.61 Å². The average Bonchev–Trinajstić information content (AvgIpc) is 2.99. The lowest BCUT2D eigenvalue weighted by molar-refractivity contribution is -0.139. The van der Waals surface area contributed by atoms with E-state index >= 15 is 0 Å². The summed E-state index contributed by atoms with van der Waals surface area (Å²) in [7, 11) is 0. The molecule has 2 aliphatic heterocycles. The molecule has 2 amide bonds. The van der Waals surface area contributed by atoms with E-state index in [1.165, 1.54) is 12.1 Å². The number of hydrogen-bond acceptors (Lipinski definition) is 4. The van der Waals surface area contributed by atoms with Gasteiger partial charge in [-0.15, -0.1) is 0 Å². The zero-order valence-electron chi connectivity index (χ0n) is 16.2. The number of nitrogens with two attached hydrogens (primary N) is 1. The highest BCUT2D eigenvalue weighted by atomic mass is 79.9. The molecule has 2 bridgehead atoms. The van der Waals surface area contributed by atoms with Gasteiger partial charge in [-0.1, -0.05) is 15.9 Å². The molecule has 30 heavy (non-hydrogen) atoms. The minimum absolute atomic E-state index is 0.00846. The van der Waals surface area contributed by atoms with E-state index in [4.69, 9.17) is 15.2 Å². The van der Waals surface area contributed by atoms with Crippen LogP contribution in [0.3, 0.4) is 0 Å². The van der Waals surface area contributed by atoms with Crippen LogP contribution in [0, 0.1) is 5.82 Å². The minimum atomic E-state index is -0.613. The quantitative estimate of drug-likeness (QED) is 0.689. The van der Waals surface area contributed by atoms with Crippen LogP contribution in [-0.4, -0.2) is 41.5 Å². The summed E-state index contributed by atoms with van der Waals surface area (Å²) < 4.78 is 25.4. The summed E-state index contributed by atoms with van der Waals surface area (Å²) in [6.07, 6.45) is 3.29. The Balaban J connectivity index is 1.37. The van der Waals surface area contributed by atoms with E-state index in [0.29, 0.717) is 16.0 Å². The number of rotatable bonds is 6. The van der Waals surface area contributed by atoms with Crippen molar-refractivity contribution in [3.63, 3.8) is 0 Å². The maximum absolute atomic E-state index is 13.1. The summed E-state index contributed by atoms with van der Waals surface area (Å²) in [6.45, 7) is -0.154. The minimum Gasteiger partial charge on any atom is -0.490 e. The first-order valence-electron chi connectivity index (χ1n) is 9.86. The van der Waals surface area contributed by atoms with E-state index in [0.717, 1.165) is 25.7 Å². The number of nitrogens with zero attached hydrogens (tertiary/aromatic N) is 1. The largest absolute Gasteiger partial charge is 0.490 e. The number of amides is 2. The Bertz CT molecular complexity index is 939. The van der Waals surface area contributed by atoms with Crippen LogP contribution in [-0.2, 0) is 4.79 Å². The highest BCUT2D eigenvalue weighted by Crippen LogP contribution is 2.37. The Hall–Kier alpha value is -2.61. The van der Waals surface area contributed by atoms with Crippen molar-refractivity contribution in [2.24, 2.45) is 5.73 Å². The third-order valence-corrected chi connectivity index (χ3v) is 6.15. The van der Waals surface area contributed by atoms with Crippen molar-refractivity contribution in [1.82, 2.24) is 4.90 Å². The Morgan fingerprint density at radius 3 is 2.40 bits per heavy atom. The predicted octanol–water partition coefficient (Wildman–Crippen LogP) is 3.67. The van der Waals surface area contributed by atoms with E-state index in [-0.39, 0.29) is 42.1 Å². The maximum Gasteiger partial charge on any atom is 0.261 e. The lowest BCUT2D eigenvalue weighted by Gasteiger charge is -2.38. The fraction of sp³-hybridized carbons (Fsp3) is 0.364. The lowest BCUT2D eigenvalue weighted by atomic mass is 9.99. The third-order valence-electron chi connectivity index (χ3n) is 5.65. The molecule has 8 heteroatoms. The number of carbonyl (C=O) groups excluding carboxylic acids is 2. The average molecular weight is 477 g/mol. The van der Waals surface area contributed by atoms with Gasteiger partial charge in [0, 0.05) is 29.4 Å². The van der Waals surface area contributed by atoms with Crippen molar-refractivity contribution < 1.29 is 23.5 Å². The molecule has 2 aliphatic rings. The summed E-state index contributed by atoms with van der Waals surface area (Å²) in [6, 6.07) is 11.1. The van der Waals surface area contributed by atoms with Crippen molar-refractivity contribution in [3.8, 4) is 11.5 Å². The van der Waals surface area contributed by atoms with E-state index < -0.39 is 5.91 Å². The SMILES string of the molecule is NC(=O)c1cc(Br)ccc1OCC(=O)N1[C@@H]2CC[C@H]1CC(Oc1ccc(F)cc1)C2. The van der Waals surface area contributed by atoms with Crippen molar-refractivity contribution in [3.05, 3.63) is 58.3 Å².